The summed E-state index contributed by atoms with van der Waals surface area (Å²) in [6, 6.07) is 1.85. The van der Waals surface area contributed by atoms with E-state index in [1.54, 1.807) is 11.2 Å². The number of hydrogen-bond donors (Lipinski definition) is 1. The molecular weight excluding hydrogens is 342 g/mol. The van der Waals surface area contributed by atoms with E-state index in [1.165, 1.54) is 11.8 Å². The molecule has 1 aliphatic heterocycles. The first-order chi connectivity index (χ1) is 12.0. The summed E-state index contributed by atoms with van der Waals surface area (Å²) in [5, 5.41) is 9.04. The lowest BCUT2D eigenvalue weighted by molar-refractivity contribution is -0.132. The number of aromatic nitrogens is 3. The quantitative estimate of drug-likeness (QED) is 0.800. The van der Waals surface area contributed by atoms with Crippen molar-refractivity contribution in [2.45, 2.75) is 24.9 Å². The smallest absolute Gasteiger partial charge is 0.233 e. The Labute approximate surface area is 149 Å². The summed E-state index contributed by atoms with van der Waals surface area (Å²) < 4.78 is 7.16. The van der Waals surface area contributed by atoms with Gasteiger partial charge in [0.15, 0.2) is 11.0 Å². The van der Waals surface area contributed by atoms with Crippen LogP contribution in [0.15, 0.2) is 21.9 Å². The number of primary amides is 1. The van der Waals surface area contributed by atoms with Crippen LogP contribution in [0.4, 0.5) is 0 Å². The van der Waals surface area contributed by atoms with Crippen molar-refractivity contribution in [3.8, 4) is 11.4 Å². The summed E-state index contributed by atoms with van der Waals surface area (Å²) in [4.78, 5) is 25.3. The van der Waals surface area contributed by atoms with Crippen molar-refractivity contribution in [1.82, 2.24) is 19.7 Å². The van der Waals surface area contributed by atoms with Crippen LogP contribution in [0.3, 0.4) is 0 Å². The van der Waals surface area contributed by atoms with Gasteiger partial charge in [-0.25, -0.2) is 0 Å². The summed E-state index contributed by atoms with van der Waals surface area (Å²) in [5.41, 5.74) is 6.21. The molecule has 0 bridgehead atoms. The molecule has 0 unspecified atom stereocenters. The van der Waals surface area contributed by atoms with Gasteiger partial charge in [-0.15, -0.1) is 10.2 Å². The van der Waals surface area contributed by atoms with E-state index in [-0.39, 0.29) is 23.5 Å². The summed E-state index contributed by atoms with van der Waals surface area (Å²) in [6.07, 6.45) is 2.89. The first kappa shape index (κ1) is 17.5. The van der Waals surface area contributed by atoms with Gasteiger partial charge < -0.3 is 19.6 Å². The lowest BCUT2D eigenvalue weighted by Crippen LogP contribution is -2.42. The number of rotatable bonds is 5. The van der Waals surface area contributed by atoms with Crippen molar-refractivity contribution in [1.29, 1.82) is 0 Å². The first-order valence-electron chi connectivity index (χ1n) is 8.11. The number of carbonyl (C=O) groups excluding carboxylic acids is 2. The van der Waals surface area contributed by atoms with Gasteiger partial charge >= 0.3 is 0 Å². The van der Waals surface area contributed by atoms with Crippen LogP contribution >= 0.6 is 11.8 Å². The Morgan fingerprint density at radius 2 is 2.08 bits per heavy atom. The standard InChI is InChI=1S/C16H21N5O3S/c1-10-12(5-8-24-10)15-18-19-16(20(15)2)25-9-13(22)21-6-3-11(4-7-21)14(17)23/h5,8,11H,3-4,6-7,9H2,1-2H3,(H2,17,23). The molecule has 2 aromatic heterocycles. The van der Waals surface area contributed by atoms with Crippen molar-refractivity contribution >= 4 is 23.6 Å². The monoisotopic (exact) mass is 363 g/mol. The molecule has 0 atom stereocenters. The highest BCUT2D eigenvalue weighted by Crippen LogP contribution is 2.26. The van der Waals surface area contributed by atoms with Crippen LogP contribution < -0.4 is 5.73 Å². The zero-order valence-corrected chi connectivity index (χ0v) is 15.1. The second-order valence-electron chi connectivity index (χ2n) is 6.10. The number of thioether (sulfide) groups is 1. The number of hydrogen-bond acceptors (Lipinski definition) is 6. The minimum absolute atomic E-state index is 0.0389. The Morgan fingerprint density at radius 3 is 2.68 bits per heavy atom. The average molecular weight is 363 g/mol. The average Bonchev–Trinajstić information content (AvgIpc) is 3.18. The zero-order valence-electron chi connectivity index (χ0n) is 14.3. The van der Waals surface area contributed by atoms with E-state index >= 15 is 0 Å². The van der Waals surface area contributed by atoms with E-state index in [0.717, 1.165) is 11.3 Å². The van der Waals surface area contributed by atoms with Crippen molar-refractivity contribution in [3.05, 3.63) is 18.1 Å². The van der Waals surface area contributed by atoms with Gasteiger partial charge in [0.1, 0.15) is 5.76 Å². The second-order valence-corrected chi connectivity index (χ2v) is 7.04. The van der Waals surface area contributed by atoms with Crippen molar-refractivity contribution in [2.75, 3.05) is 18.8 Å². The first-order valence-corrected chi connectivity index (χ1v) is 9.09. The maximum atomic E-state index is 12.4. The fourth-order valence-corrected chi connectivity index (χ4v) is 3.74. The van der Waals surface area contributed by atoms with Gasteiger partial charge in [0.05, 0.1) is 17.6 Å². The molecule has 9 heteroatoms. The van der Waals surface area contributed by atoms with Crippen molar-refractivity contribution in [3.63, 3.8) is 0 Å². The third kappa shape index (κ3) is 3.71. The molecule has 0 aliphatic carbocycles. The van der Waals surface area contributed by atoms with Crippen LogP contribution in [0.25, 0.3) is 11.4 Å². The number of aryl methyl sites for hydroxylation is 1. The molecule has 0 aromatic carbocycles. The van der Waals surface area contributed by atoms with Crippen LogP contribution in [0, 0.1) is 12.8 Å². The van der Waals surface area contributed by atoms with Gasteiger partial charge in [-0.3, -0.25) is 9.59 Å². The molecule has 3 heterocycles. The van der Waals surface area contributed by atoms with Gasteiger partial charge in [0.2, 0.25) is 11.8 Å². The number of furan rings is 1. The Balaban J connectivity index is 1.57. The maximum Gasteiger partial charge on any atom is 0.233 e. The number of amides is 2. The van der Waals surface area contributed by atoms with Crippen LogP contribution in [-0.2, 0) is 16.6 Å². The summed E-state index contributed by atoms with van der Waals surface area (Å²) in [6.45, 7) is 3.02. The fourth-order valence-electron chi connectivity index (χ4n) is 2.92. The maximum absolute atomic E-state index is 12.4. The Bertz CT molecular complexity index is 777. The lowest BCUT2D eigenvalue weighted by Gasteiger charge is -2.30. The van der Waals surface area contributed by atoms with Gasteiger partial charge in [-0.1, -0.05) is 11.8 Å². The van der Waals surface area contributed by atoms with Gasteiger partial charge in [-0.2, -0.15) is 0 Å². The molecule has 0 saturated carbocycles. The zero-order chi connectivity index (χ0) is 18.0. The molecule has 25 heavy (non-hydrogen) atoms. The minimum Gasteiger partial charge on any atom is -0.469 e. The molecule has 0 radical (unpaired) electrons. The Morgan fingerprint density at radius 1 is 1.36 bits per heavy atom. The van der Waals surface area contributed by atoms with E-state index in [0.29, 0.717) is 36.9 Å². The normalized spacial score (nSPS) is 15.5. The molecule has 134 valence electrons. The predicted octanol–water partition coefficient (Wildman–Crippen LogP) is 1.20. The molecule has 2 aromatic rings. The topological polar surface area (TPSA) is 107 Å². The number of likely N-dealkylation sites (tertiary alicyclic amines) is 1. The van der Waals surface area contributed by atoms with E-state index in [9.17, 15) is 9.59 Å². The number of nitrogens with zero attached hydrogens (tertiary/aromatic N) is 4. The minimum atomic E-state index is -0.275. The summed E-state index contributed by atoms with van der Waals surface area (Å²) in [5.74, 6) is 1.43. The Hall–Kier alpha value is -2.29. The lowest BCUT2D eigenvalue weighted by atomic mass is 9.96. The highest BCUT2D eigenvalue weighted by atomic mass is 32.2. The fraction of sp³-hybridized carbons (Fsp3) is 0.500. The largest absolute Gasteiger partial charge is 0.469 e. The van der Waals surface area contributed by atoms with Crippen molar-refractivity contribution < 1.29 is 14.0 Å². The van der Waals surface area contributed by atoms with E-state index in [4.69, 9.17) is 10.2 Å². The van der Waals surface area contributed by atoms with Gasteiger partial charge in [0, 0.05) is 26.1 Å². The molecule has 0 spiro atoms. The van der Waals surface area contributed by atoms with Crippen LogP contribution in [0.1, 0.15) is 18.6 Å². The highest BCUT2D eigenvalue weighted by molar-refractivity contribution is 7.99. The molecule has 2 amide bonds. The third-order valence-electron chi connectivity index (χ3n) is 4.51. The van der Waals surface area contributed by atoms with Crippen LogP contribution in [-0.4, -0.2) is 50.3 Å². The molecule has 8 nitrogen and oxygen atoms in total. The molecule has 1 fully saturated rings. The van der Waals surface area contributed by atoms with Crippen molar-refractivity contribution in [2.24, 2.45) is 18.7 Å². The van der Waals surface area contributed by atoms with Gasteiger partial charge in [-0.05, 0) is 25.8 Å². The second kappa shape index (κ2) is 7.30. The van der Waals surface area contributed by atoms with E-state index in [1.807, 2.05) is 24.6 Å². The highest BCUT2D eigenvalue weighted by Gasteiger charge is 2.26. The number of piperidine rings is 1. The molecule has 1 aliphatic rings. The third-order valence-corrected chi connectivity index (χ3v) is 5.51. The molecule has 1 saturated heterocycles. The number of carbonyl (C=O) groups is 2. The SMILES string of the molecule is Cc1occc1-c1nnc(SCC(=O)N2CCC(C(N)=O)CC2)n1C. The number of nitrogens with two attached hydrogens (primary N) is 1. The predicted molar refractivity (Wildman–Crippen MR) is 92.7 cm³/mol. The summed E-state index contributed by atoms with van der Waals surface area (Å²) in [7, 11) is 1.87. The summed E-state index contributed by atoms with van der Waals surface area (Å²) >= 11 is 1.36. The van der Waals surface area contributed by atoms with Gasteiger partial charge in [0.25, 0.3) is 0 Å². The molecular formula is C16H21N5O3S. The Kier molecular flexibility index (Phi) is 5.12. The van der Waals surface area contributed by atoms with Crippen LogP contribution in [0.5, 0.6) is 0 Å². The van der Waals surface area contributed by atoms with E-state index in [2.05, 4.69) is 10.2 Å². The molecule has 3 rings (SSSR count). The van der Waals surface area contributed by atoms with E-state index < -0.39 is 0 Å². The molecule has 2 N–H and O–H groups in total. The van der Waals surface area contributed by atoms with Crippen LogP contribution in [0.2, 0.25) is 0 Å².